The molecule has 1 atom stereocenters. The maximum absolute atomic E-state index is 13.0. The Kier molecular flexibility index (Phi) is 5.12. The fraction of sp³-hybridized carbons (Fsp3) is 0.381. The molecule has 7 heteroatoms. The quantitative estimate of drug-likeness (QED) is 0.780. The van der Waals surface area contributed by atoms with Crippen LogP contribution in [-0.2, 0) is 21.2 Å². The number of hydrogen-bond donors (Lipinski definition) is 2. The Bertz CT molecular complexity index is 999. The molecule has 28 heavy (non-hydrogen) atoms. The van der Waals surface area contributed by atoms with E-state index in [0.29, 0.717) is 11.4 Å². The number of nitrogens with one attached hydrogen (secondary N) is 2. The molecule has 0 spiro atoms. The molecule has 0 heterocycles. The van der Waals surface area contributed by atoms with Crippen LogP contribution >= 0.6 is 0 Å². The van der Waals surface area contributed by atoms with Gasteiger partial charge >= 0.3 is 0 Å². The molecule has 4 rings (SSSR count). The van der Waals surface area contributed by atoms with E-state index in [1.54, 1.807) is 6.07 Å². The predicted molar refractivity (Wildman–Crippen MR) is 107 cm³/mol. The van der Waals surface area contributed by atoms with Crippen LogP contribution in [0.4, 0.5) is 5.69 Å². The zero-order valence-corrected chi connectivity index (χ0v) is 16.6. The first-order valence-corrected chi connectivity index (χ1v) is 11.1. The van der Waals surface area contributed by atoms with Crippen LogP contribution in [0.5, 0.6) is 5.75 Å². The van der Waals surface area contributed by atoms with Crippen molar-refractivity contribution in [3.05, 3.63) is 53.6 Å². The summed E-state index contributed by atoms with van der Waals surface area (Å²) in [6.07, 6.45) is 4.42. The number of benzene rings is 2. The molecule has 0 radical (unpaired) electrons. The Morgan fingerprint density at radius 2 is 1.89 bits per heavy atom. The minimum atomic E-state index is -3.61. The number of fused-ring (bicyclic) bond motifs is 1. The summed E-state index contributed by atoms with van der Waals surface area (Å²) in [4.78, 5) is 13.1. The van der Waals surface area contributed by atoms with Crippen LogP contribution in [0.15, 0.2) is 47.4 Å². The smallest absolute Gasteiger partial charge is 0.240 e. The van der Waals surface area contributed by atoms with Gasteiger partial charge in [0, 0.05) is 6.04 Å². The van der Waals surface area contributed by atoms with Crippen molar-refractivity contribution in [2.24, 2.45) is 0 Å². The van der Waals surface area contributed by atoms with E-state index in [2.05, 4.69) is 16.1 Å². The number of methoxy groups -OCH3 is 1. The Hall–Kier alpha value is -2.38. The molecule has 0 saturated heterocycles. The summed E-state index contributed by atoms with van der Waals surface area (Å²) >= 11 is 0. The van der Waals surface area contributed by atoms with E-state index in [1.807, 2.05) is 18.2 Å². The average Bonchev–Trinajstić information content (AvgIpc) is 3.50. The highest BCUT2D eigenvalue weighted by atomic mass is 32.2. The number of amides is 1. The number of rotatable bonds is 6. The van der Waals surface area contributed by atoms with Gasteiger partial charge in [0.15, 0.2) is 0 Å². The third-order valence-corrected chi connectivity index (χ3v) is 6.84. The van der Waals surface area contributed by atoms with Crippen molar-refractivity contribution in [2.45, 2.75) is 49.0 Å². The van der Waals surface area contributed by atoms with Crippen molar-refractivity contribution in [3.8, 4) is 5.75 Å². The highest BCUT2D eigenvalue weighted by molar-refractivity contribution is 7.89. The van der Waals surface area contributed by atoms with Crippen molar-refractivity contribution in [1.82, 2.24) is 4.72 Å². The summed E-state index contributed by atoms with van der Waals surface area (Å²) in [6.45, 7) is 0. The Morgan fingerprint density at radius 1 is 1.11 bits per heavy atom. The lowest BCUT2D eigenvalue weighted by atomic mass is 9.82. The molecule has 0 bridgehead atoms. The lowest BCUT2D eigenvalue weighted by molar-refractivity contribution is -0.117. The van der Waals surface area contributed by atoms with Crippen LogP contribution in [-0.4, -0.2) is 27.5 Å². The minimum absolute atomic E-state index is 0.0175. The van der Waals surface area contributed by atoms with Crippen molar-refractivity contribution >= 4 is 21.6 Å². The summed E-state index contributed by atoms with van der Waals surface area (Å²) in [5, 5.41) is 2.90. The molecule has 1 saturated carbocycles. The van der Waals surface area contributed by atoms with E-state index in [-0.39, 0.29) is 22.8 Å². The number of anilines is 1. The van der Waals surface area contributed by atoms with Crippen LogP contribution in [0.25, 0.3) is 0 Å². The molecular formula is C21H24N2O4S. The number of carbonyl (C=O) groups excluding carboxylic acids is 1. The molecule has 1 unspecified atom stereocenters. The van der Waals surface area contributed by atoms with Gasteiger partial charge in [-0.05, 0) is 61.4 Å². The van der Waals surface area contributed by atoms with Crippen LogP contribution in [0.3, 0.4) is 0 Å². The first-order chi connectivity index (χ1) is 13.5. The molecule has 2 aromatic rings. The molecule has 2 aliphatic carbocycles. The number of carbonyl (C=O) groups is 1. The number of ether oxygens (including phenoxy) is 1. The van der Waals surface area contributed by atoms with E-state index in [1.165, 1.54) is 24.8 Å². The lowest BCUT2D eigenvalue weighted by Crippen LogP contribution is -2.27. The van der Waals surface area contributed by atoms with Crippen LogP contribution in [0.2, 0.25) is 0 Å². The van der Waals surface area contributed by atoms with Gasteiger partial charge in [-0.1, -0.05) is 24.3 Å². The number of hydrogen-bond acceptors (Lipinski definition) is 4. The monoisotopic (exact) mass is 400 g/mol. The summed E-state index contributed by atoms with van der Waals surface area (Å²) in [7, 11) is -2.11. The van der Waals surface area contributed by atoms with Crippen LogP contribution in [0.1, 0.15) is 42.7 Å². The largest absolute Gasteiger partial charge is 0.495 e. The first kappa shape index (κ1) is 19.0. The second kappa shape index (κ2) is 7.56. The van der Waals surface area contributed by atoms with Crippen molar-refractivity contribution in [1.29, 1.82) is 0 Å². The summed E-state index contributed by atoms with van der Waals surface area (Å²) in [5.41, 5.74) is 2.62. The third-order valence-electron chi connectivity index (χ3n) is 5.32. The van der Waals surface area contributed by atoms with E-state index in [9.17, 15) is 13.2 Å². The molecular weight excluding hydrogens is 376 g/mol. The summed E-state index contributed by atoms with van der Waals surface area (Å²) in [5.74, 6) is 0.0393. The van der Waals surface area contributed by atoms with Crippen LogP contribution in [0, 0.1) is 0 Å². The molecule has 1 fully saturated rings. The maximum atomic E-state index is 13.0. The van der Waals surface area contributed by atoms with Gasteiger partial charge in [-0.2, -0.15) is 0 Å². The molecule has 2 N–H and O–H groups in total. The normalized spacial score (nSPS) is 19.0. The maximum Gasteiger partial charge on any atom is 0.240 e. The second-order valence-electron chi connectivity index (χ2n) is 7.39. The fourth-order valence-electron chi connectivity index (χ4n) is 3.69. The summed E-state index contributed by atoms with van der Waals surface area (Å²) in [6, 6.07) is 12.6. The molecule has 2 aliphatic rings. The third kappa shape index (κ3) is 3.91. The van der Waals surface area contributed by atoms with Gasteiger partial charge in [-0.3, -0.25) is 4.79 Å². The molecule has 6 nitrogen and oxygen atoms in total. The Labute approximate surface area is 165 Å². The van der Waals surface area contributed by atoms with Crippen molar-refractivity contribution in [2.75, 3.05) is 12.4 Å². The predicted octanol–water partition coefficient (Wildman–Crippen LogP) is 3.19. The molecule has 1 amide bonds. The SMILES string of the molecule is COc1ccc(S(=O)(=O)NC2CC2)cc1NC(=O)C1CCCc2ccccc21. The average molecular weight is 401 g/mol. The van der Waals surface area contributed by atoms with Gasteiger partial charge in [0.05, 0.1) is 23.6 Å². The summed E-state index contributed by atoms with van der Waals surface area (Å²) < 4.78 is 33.0. The van der Waals surface area contributed by atoms with E-state index in [0.717, 1.165) is 37.7 Å². The topological polar surface area (TPSA) is 84.5 Å². The van der Waals surface area contributed by atoms with Gasteiger partial charge in [0.2, 0.25) is 15.9 Å². The zero-order chi connectivity index (χ0) is 19.7. The number of aryl methyl sites for hydroxylation is 1. The van der Waals surface area contributed by atoms with Gasteiger partial charge in [0.1, 0.15) is 5.75 Å². The van der Waals surface area contributed by atoms with E-state index < -0.39 is 10.0 Å². The zero-order valence-electron chi connectivity index (χ0n) is 15.8. The highest BCUT2D eigenvalue weighted by Gasteiger charge is 2.30. The molecule has 0 aromatic heterocycles. The standard InChI is InChI=1S/C21H24N2O4S/c1-27-20-12-11-16(28(25,26)23-15-9-10-15)13-19(20)22-21(24)18-8-4-6-14-5-2-3-7-17(14)18/h2-3,5,7,11-13,15,18,23H,4,6,8-10H2,1H3,(H,22,24). The van der Waals surface area contributed by atoms with Gasteiger partial charge in [0.25, 0.3) is 0 Å². The van der Waals surface area contributed by atoms with E-state index >= 15 is 0 Å². The van der Waals surface area contributed by atoms with Crippen molar-refractivity contribution in [3.63, 3.8) is 0 Å². The minimum Gasteiger partial charge on any atom is -0.495 e. The Balaban J connectivity index is 1.60. The van der Waals surface area contributed by atoms with Gasteiger partial charge in [-0.25, -0.2) is 13.1 Å². The Morgan fingerprint density at radius 3 is 2.64 bits per heavy atom. The van der Waals surface area contributed by atoms with Gasteiger partial charge < -0.3 is 10.1 Å². The molecule has 0 aliphatic heterocycles. The molecule has 148 valence electrons. The van der Waals surface area contributed by atoms with Crippen molar-refractivity contribution < 1.29 is 17.9 Å². The van der Waals surface area contributed by atoms with E-state index in [4.69, 9.17) is 4.74 Å². The number of sulfonamides is 1. The lowest BCUT2D eigenvalue weighted by Gasteiger charge is -2.25. The molecule has 2 aromatic carbocycles. The highest BCUT2D eigenvalue weighted by Crippen LogP contribution is 2.34. The second-order valence-corrected chi connectivity index (χ2v) is 9.10. The fourth-order valence-corrected chi connectivity index (χ4v) is 5.02. The first-order valence-electron chi connectivity index (χ1n) is 9.57. The van der Waals surface area contributed by atoms with Crippen LogP contribution < -0.4 is 14.8 Å². The van der Waals surface area contributed by atoms with Gasteiger partial charge in [-0.15, -0.1) is 0 Å².